The van der Waals surface area contributed by atoms with Gasteiger partial charge in [-0.15, -0.1) is 0 Å². The van der Waals surface area contributed by atoms with Crippen molar-refractivity contribution in [3.63, 3.8) is 0 Å². The molecule has 19 heavy (non-hydrogen) atoms. The number of amides is 2. The zero-order valence-corrected chi connectivity index (χ0v) is 10.0. The van der Waals surface area contributed by atoms with Gasteiger partial charge in [0, 0.05) is 18.3 Å². The summed E-state index contributed by atoms with van der Waals surface area (Å²) >= 11 is 0. The van der Waals surface area contributed by atoms with Crippen molar-refractivity contribution in [2.24, 2.45) is 0 Å². The maximum Gasteiger partial charge on any atom is 0.281 e. The van der Waals surface area contributed by atoms with Crippen molar-refractivity contribution < 1.29 is 14.2 Å². The molecule has 0 aliphatic heterocycles. The van der Waals surface area contributed by atoms with Crippen LogP contribution in [0.3, 0.4) is 0 Å². The van der Waals surface area contributed by atoms with Crippen LogP contribution in [0.2, 0.25) is 0 Å². The molecule has 8 heteroatoms. The van der Waals surface area contributed by atoms with Crippen LogP contribution in [0.15, 0.2) is 28.9 Å². The SMILES string of the molecule is CC(=O)Nc1cccc(NC(=O)c2nonc2N)c1. The van der Waals surface area contributed by atoms with Gasteiger partial charge in [0.1, 0.15) is 0 Å². The summed E-state index contributed by atoms with van der Waals surface area (Å²) in [7, 11) is 0. The first-order valence-corrected chi connectivity index (χ1v) is 5.33. The molecule has 98 valence electrons. The molecular formula is C11H11N5O3. The minimum absolute atomic E-state index is 0.0875. The molecule has 1 aromatic carbocycles. The molecule has 4 N–H and O–H groups in total. The lowest BCUT2D eigenvalue weighted by Gasteiger charge is -2.06. The molecule has 0 spiro atoms. The van der Waals surface area contributed by atoms with Gasteiger partial charge in [-0.25, -0.2) is 4.63 Å². The number of nitrogens with zero attached hydrogens (tertiary/aromatic N) is 2. The van der Waals surface area contributed by atoms with E-state index in [2.05, 4.69) is 25.6 Å². The Morgan fingerprint density at radius 2 is 1.89 bits per heavy atom. The van der Waals surface area contributed by atoms with Crippen LogP contribution in [0, 0.1) is 0 Å². The molecule has 0 aliphatic carbocycles. The molecule has 8 nitrogen and oxygen atoms in total. The quantitative estimate of drug-likeness (QED) is 0.753. The highest BCUT2D eigenvalue weighted by Gasteiger charge is 2.16. The van der Waals surface area contributed by atoms with Crippen molar-refractivity contribution in [2.45, 2.75) is 6.92 Å². The van der Waals surface area contributed by atoms with Gasteiger partial charge in [-0.2, -0.15) is 0 Å². The predicted molar refractivity (Wildman–Crippen MR) is 67.4 cm³/mol. The Morgan fingerprint density at radius 1 is 1.21 bits per heavy atom. The van der Waals surface area contributed by atoms with E-state index < -0.39 is 5.91 Å². The van der Waals surface area contributed by atoms with Crippen LogP contribution in [-0.4, -0.2) is 22.1 Å². The summed E-state index contributed by atoms with van der Waals surface area (Å²) < 4.78 is 4.34. The smallest absolute Gasteiger partial charge is 0.281 e. The van der Waals surface area contributed by atoms with Crippen molar-refractivity contribution in [1.29, 1.82) is 0 Å². The Hall–Kier alpha value is -2.90. The molecule has 2 aromatic rings. The highest BCUT2D eigenvalue weighted by Crippen LogP contribution is 2.16. The third-order valence-corrected chi connectivity index (χ3v) is 2.17. The van der Waals surface area contributed by atoms with Gasteiger partial charge >= 0.3 is 0 Å². The number of nitrogen functional groups attached to an aromatic ring is 1. The van der Waals surface area contributed by atoms with Crippen molar-refractivity contribution in [3.8, 4) is 0 Å². The molecule has 1 aromatic heterocycles. The second-order valence-corrected chi connectivity index (χ2v) is 3.71. The third kappa shape index (κ3) is 3.06. The van der Waals surface area contributed by atoms with Crippen LogP contribution in [0.4, 0.5) is 17.2 Å². The Labute approximate surface area is 107 Å². The molecule has 0 bridgehead atoms. The van der Waals surface area contributed by atoms with E-state index in [0.717, 1.165) is 0 Å². The molecule has 0 radical (unpaired) electrons. The van der Waals surface area contributed by atoms with Gasteiger partial charge < -0.3 is 16.4 Å². The van der Waals surface area contributed by atoms with E-state index in [4.69, 9.17) is 5.73 Å². The third-order valence-electron chi connectivity index (χ3n) is 2.17. The summed E-state index contributed by atoms with van der Waals surface area (Å²) in [6.45, 7) is 1.40. The van der Waals surface area contributed by atoms with E-state index in [1.54, 1.807) is 24.3 Å². The zero-order chi connectivity index (χ0) is 13.8. The van der Waals surface area contributed by atoms with Gasteiger partial charge in [-0.05, 0) is 28.5 Å². The number of rotatable bonds is 3. The second kappa shape index (κ2) is 5.17. The van der Waals surface area contributed by atoms with Crippen molar-refractivity contribution >= 4 is 29.0 Å². The number of nitrogens with one attached hydrogen (secondary N) is 2. The van der Waals surface area contributed by atoms with E-state index in [1.165, 1.54) is 6.92 Å². The van der Waals surface area contributed by atoms with Gasteiger partial charge in [0.2, 0.25) is 17.4 Å². The summed E-state index contributed by atoms with van der Waals surface area (Å²) in [6, 6.07) is 6.64. The van der Waals surface area contributed by atoms with Crippen molar-refractivity contribution in [2.75, 3.05) is 16.4 Å². The van der Waals surface area contributed by atoms with Crippen molar-refractivity contribution in [1.82, 2.24) is 10.3 Å². The minimum atomic E-state index is -0.543. The molecule has 2 amide bonds. The minimum Gasteiger partial charge on any atom is -0.379 e. The number of hydrogen-bond acceptors (Lipinski definition) is 6. The number of carbonyl (C=O) groups excluding carboxylic acids is 2. The first-order chi connectivity index (χ1) is 9.06. The maximum absolute atomic E-state index is 11.8. The van der Waals surface area contributed by atoms with E-state index >= 15 is 0 Å². The second-order valence-electron chi connectivity index (χ2n) is 3.71. The average Bonchev–Trinajstić information content (AvgIpc) is 2.75. The van der Waals surface area contributed by atoms with Crippen LogP contribution in [0.5, 0.6) is 0 Å². The number of anilines is 3. The fourth-order valence-corrected chi connectivity index (χ4v) is 1.42. The lowest BCUT2D eigenvalue weighted by molar-refractivity contribution is -0.114. The number of carbonyl (C=O) groups is 2. The highest BCUT2D eigenvalue weighted by atomic mass is 16.6. The van der Waals surface area contributed by atoms with Crippen LogP contribution in [-0.2, 0) is 4.79 Å². The predicted octanol–water partition coefficient (Wildman–Crippen LogP) is 0.862. The Balaban J connectivity index is 2.13. The number of hydrogen-bond donors (Lipinski definition) is 3. The standard InChI is InChI=1S/C11H11N5O3/c1-6(17)13-7-3-2-4-8(5-7)14-11(18)9-10(12)16-19-15-9/h2-5H,1H3,(H2,12,16)(H,13,17)(H,14,18). The monoisotopic (exact) mass is 261 g/mol. The van der Waals surface area contributed by atoms with E-state index in [0.29, 0.717) is 11.4 Å². The lowest BCUT2D eigenvalue weighted by Crippen LogP contribution is -2.14. The molecule has 0 unspecified atom stereocenters. The van der Waals surface area contributed by atoms with E-state index in [9.17, 15) is 9.59 Å². The normalized spacial score (nSPS) is 9.95. The topological polar surface area (TPSA) is 123 Å². The Bertz CT molecular complexity index is 622. The van der Waals surface area contributed by atoms with Gasteiger partial charge in [-0.3, -0.25) is 9.59 Å². The van der Waals surface area contributed by atoms with Crippen LogP contribution < -0.4 is 16.4 Å². The summed E-state index contributed by atoms with van der Waals surface area (Å²) in [5.74, 6) is -0.831. The summed E-state index contributed by atoms with van der Waals surface area (Å²) in [4.78, 5) is 22.7. The summed E-state index contributed by atoms with van der Waals surface area (Å²) in [5, 5.41) is 11.9. The number of benzene rings is 1. The van der Waals surface area contributed by atoms with Crippen LogP contribution >= 0.6 is 0 Å². The van der Waals surface area contributed by atoms with Gasteiger partial charge in [0.05, 0.1) is 0 Å². The number of aromatic nitrogens is 2. The largest absolute Gasteiger partial charge is 0.379 e. The molecule has 1 heterocycles. The molecule has 2 rings (SSSR count). The average molecular weight is 261 g/mol. The fraction of sp³-hybridized carbons (Fsp3) is 0.0909. The molecular weight excluding hydrogens is 250 g/mol. The molecule has 0 atom stereocenters. The van der Waals surface area contributed by atoms with E-state index in [1.807, 2.05) is 0 Å². The summed E-state index contributed by atoms with van der Waals surface area (Å²) in [6.07, 6.45) is 0. The molecule has 0 saturated carbocycles. The molecule has 0 saturated heterocycles. The first-order valence-electron chi connectivity index (χ1n) is 5.33. The maximum atomic E-state index is 11.8. The number of nitrogens with two attached hydrogens (primary N) is 1. The van der Waals surface area contributed by atoms with Crippen LogP contribution in [0.25, 0.3) is 0 Å². The molecule has 0 aliphatic rings. The Kier molecular flexibility index (Phi) is 3.42. The van der Waals surface area contributed by atoms with E-state index in [-0.39, 0.29) is 17.4 Å². The van der Waals surface area contributed by atoms with Gasteiger partial charge in [0.15, 0.2) is 0 Å². The molecule has 0 fully saturated rings. The fourth-order valence-electron chi connectivity index (χ4n) is 1.42. The highest BCUT2D eigenvalue weighted by molar-refractivity contribution is 6.05. The van der Waals surface area contributed by atoms with Crippen molar-refractivity contribution in [3.05, 3.63) is 30.0 Å². The lowest BCUT2D eigenvalue weighted by atomic mass is 10.2. The first kappa shape index (κ1) is 12.6. The zero-order valence-electron chi connectivity index (χ0n) is 10.0. The van der Waals surface area contributed by atoms with Gasteiger partial charge in [0.25, 0.3) is 5.91 Å². The van der Waals surface area contributed by atoms with Crippen LogP contribution in [0.1, 0.15) is 17.4 Å². The van der Waals surface area contributed by atoms with Gasteiger partial charge in [-0.1, -0.05) is 6.07 Å². The Morgan fingerprint density at radius 3 is 2.47 bits per heavy atom. The summed E-state index contributed by atoms with van der Waals surface area (Å²) in [5.41, 5.74) is 6.36.